The highest BCUT2D eigenvalue weighted by Crippen LogP contribution is 2.26. The average Bonchev–Trinajstić information content (AvgIpc) is 3.52. The fourth-order valence-electron chi connectivity index (χ4n) is 4.29. The molecule has 1 aliphatic heterocycles. The molecular weight excluding hydrogens is 444 g/mol. The molecule has 0 unspecified atom stereocenters. The third-order valence-electron chi connectivity index (χ3n) is 6.09. The second-order valence-electron chi connectivity index (χ2n) is 8.45. The van der Waals surface area contributed by atoms with E-state index in [2.05, 4.69) is 10.4 Å². The molecule has 8 nitrogen and oxygen atoms in total. The lowest BCUT2D eigenvalue weighted by molar-refractivity contribution is -0.122. The van der Waals surface area contributed by atoms with Crippen molar-refractivity contribution < 1.29 is 14.0 Å². The van der Waals surface area contributed by atoms with Crippen LogP contribution in [0.2, 0.25) is 0 Å². The molecule has 0 aliphatic carbocycles. The Morgan fingerprint density at radius 1 is 0.971 bits per heavy atom. The van der Waals surface area contributed by atoms with Crippen molar-refractivity contribution in [3.8, 4) is 11.5 Å². The quantitative estimate of drug-likeness (QED) is 0.429. The van der Waals surface area contributed by atoms with Gasteiger partial charge in [0.15, 0.2) is 5.76 Å². The minimum atomic E-state index is -0.379. The van der Waals surface area contributed by atoms with Crippen LogP contribution in [0, 0.1) is 0 Å². The summed E-state index contributed by atoms with van der Waals surface area (Å²) in [6, 6.07) is 23.8. The molecule has 1 atom stereocenters. The monoisotopic (exact) mass is 468 g/mol. The van der Waals surface area contributed by atoms with E-state index in [1.54, 1.807) is 18.2 Å². The lowest BCUT2D eigenvalue weighted by Gasteiger charge is -2.24. The molecule has 4 aromatic rings. The van der Waals surface area contributed by atoms with Gasteiger partial charge in [-0.15, -0.1) is 0 Å². The Hall–Kier alpha value is -4.46. The summed E-state index contributed by atoms with van der Waals surface area (Å²) in [5, 5.41) is 7.17. The molecule has 1 N–H and O–H groups in total. The van der Waals surface area contributed by atoms with Crippen LogP contribution in [0.5, 0.6) is 0 Å². The summed E-state index contributed by atoms with van der Waals surface area (Å²) in [6.07, 6.45) is 1.52. The lowest BCUT2D eigenvalue weighted by Crippen LogP contribution is -2.38. The number of hydrogen-bond acceptors (Lipinski definition) is 5. The molecule has 2 aromatic carbocycles. The van der Waals surface area contributed by atoms with Crippen LogP contribution in [0.4, 0.5) is 0 Å². The zero-order chi connectivity index (χ0) is 24.2. The number of benzene rings is 2. The molecule has 0 fully saturated rings. The zero-order valence-corrected chi connectivity index (χ0v) is 19.0. The van der Waals surface area contributed by atoms with Crippen LogP contribution in [0.3, 0.4) is 0 Å². The molecular formula is C27H24N4O4. The van der Waals surface area contributed by atoms with Crippen molar-refractivity contribution in [1.82, 2.24) is 20.0 Å². The van der Waals surface area contributed by atoms with Gasteiger partial charge in [-0.3, -0.25) is 14.4 Å². The third kappa shape index (κ3) is 4.91. The van der Waals surface area contributed by atoms with E-state index < -0.39 is 0 Å². The zero-order valence-electron chi connectivity index (χ0n) is 19.0. The summed E-state index contributed by atoms with van der Waals surface area (Å²) >= 11 is 0. The highest BCUT2D eigenvalue weighted by atomic mass is 16.3. The number of carbonyl (C=O) groups excluding carboxylic acids is 2. The molecule has 3 heterocycles. The molecule has 0 bridgehead atoms. The largest absolute Gasteiger partial charge is 0.463 e. The number of amides is 2. The van der Waals surface area contributed by atoms with Crippen LogP contribution in [-0.4, -0.2) is 39.6 Å². The van der Waals surface area contributed by atoms with E-state index in [1.165, 1.54) is 12.3 Å². The smallest absolute Gasteiger partial charge is 0.267 e. The van der Waals surface area contributed by atoms with E-state index in [-0.39, 0.29) is 29.8 Å². The van der Waals surface area contributed by atoms with Gasteiger partial charge in [0, 0.05) is 37.2 Å². The maximum absolute atomic E-state index is 12.9. The fraction of sp³-hybridized carbons (Fsp3) is 0.185. The molecule has 0 saturated heterocycles. The van der Waals surface area contributed by atoms with Crippen LogP contribution in [0.15, 0.2) is 94.3 Å². The molecule has 8 heteroatoms. The number of nitrogens with one attached hydrogen (secondary N) is 1. The summed E-state index contributed by atoms with van der Waals surface area (Å²) in [5.74, 6) is 0.0589. The average molecular weight is 469 g/mol. The molecule has 35 heavy (non-hydrogen) atoms. The molecule has 1 aliphatic rings. The summed E-state index contributed by atoms with van der Waals surface area (Å²) in [6.45, 7) is 1.10. The van der Waals surface area contributed by atoms with Crippen molar-refractivity contribution in [2.45, 2.75) is 19.0 Å². The van der Waals surface area contributed by atoms with Crippen molar-refractivity contribution in [2.75, 3.05) is 13.1 Å². The second kappa shape index (κ2) is 9.80. The van der Waals surface area contributed by atoms with E-state index in [9.17, 15) is 14.4 Å². The molecule has 176 valence electrons. The van der Waals surface area contributed by atoms with Gasteiger partial charge in [0.2, 0.25) is 5.91 Å². The lowest BCUT2D eigenvalue weighted by atomic mass is 9.98. The SMILES string of the molecule is O=C(Cn1nc(-c2ccco2)ccc1=O)NC[C@@H](CN1Cc2ccccc2C1=O)c1ccccc1. The van der Waals surface area contributed by atoms with Gasteiger partial charge in [0.1, 0.15) is 12.2 Å². The molecule has 0 radical (unpaired) electrons. The molecule has 0 saturated carbocycles. The van der Waals surface area contributed by atoms with Gasteiger partial charge in [-0.05, 0) is 35.4 Å². The van der Waals surface area contributed by atoms with Gasteiger partial charge in [-0.2, -0.15) is 5.10 Å². The van der Waals surface area contributed by atoms with Crippen molar-refractivity contribution >= 4 is 11.8 Å². The van der Waals surface area contributed by atoms with E-state index in [0.29, 0.717) is 31.1 Å². The summed E-state index contributed by atoms with van der Waals surface area (Å²) in [5.41, 5.74) is 2.85. The Bertz CT molecular complexity index is 1400. The van der Waals surface area contributed by atoms with E-state index in [0.717, 1.165) is 21.4 Å². The van der Waals surface area contributed by atoms with Gasteiger partial charge in [0.25, 0.3) is 11.5 Å². The first kappa shape index (κ1) is 22.3. The number of fused-ring (bicyclic) bond motifs is 1. The van der Waals surface area contributed by atoms with Crippen molar-refractivity contribution in [3.63, 3.8) is 0 Å². The number of nitrogens with zero attached hydrogens (tertiary/aromatic N) is 3. The van der Waals surface area contributed by atoms with E-state index in [4.69, 9.17) is 4.42 Å². The number of aromatic nitrogens is 2. The van der Waals surface area contributed by atoms with Gasteiger partial charge in [0.05, 0.1) is 6.26 Å². The summed E-state index contributed by atoms with van der Waals surface area (Å²) < 4.78 is 6.45. The first-order valence-electron chi connectivity index (χ1n) is 11.4. The Labute approximate surface area is 201 Å². The molecule has 0 spiro atoms. The standard InChI is InChI=1S/C27H24N4O4/c32-25(18-31-26(33)13-12-23(29-31)24-11-6-14-35-24)28-15-21(19-7-2-1-3-8-19)17-30-16-20-9-4-5-10-22(20)27(30)34/h1-14,21H,15-18H2,(H,28,32)/t21-/m0/s1. The Morgan fingerprint density at radius 2 is 1.77 bits per heavy atom. The maximum atomic E-state index is 12.9. The van der Waals surface area contributed by atoms with E-state index in [1.807, 2.05) is 59.5 Å². The predicted molar refractivity (Wildman–Crippen MR) is 130 cm³/mol. The van der Waals surface area contributed by atoms with Crippen molar-refractivity contribution in [1.29, 1.82) is 0 Å². The first-order chi connectivity index (χ1) is 17.1. The molecule has 2 aromatic heterocycles. The maximum Gasteiger partial charge on any atom is 0.267 e. The number of furan rings is 1. The minimum Gasteiger partial charge on any atom is -0.463 e. The predicted octanol–water partition coefficient (Wildman–Crippen LogP) is 3.06. The Kier molecular flexibility index (Phi) is 6.26. The molecule has 2 amide bonds. The van der Waals surface area contributed by atoms with Gasteiger partial charge < -0.3 is 14.6 Å². The molecule has 5 rings (SSSR count). The highest BCUT2D eigenvalue weighted by Gasteiger charge is 2.29. The Morgan fingerprint density at radius 3 is 2.54 bits per heavy atom. The topological polar surface area (TPSA) is 97.4 Å². The normalized spacial score (nSPS) is 13.5. The van der Waals surface area contributed by atoms with Crippen LogP contribution in [0.1, 0.15) is 27.4 Å². The summed E-state index contributed by atoms with van der Waals surface area (Å²) in [4.78, 5) is 39.7. The number of carbonyl (C=O) groups is 2. The van der Waals surface area contributed by atoms with Crippen molar-refractivity contribution in [2.24, 2.45) is 0 Å². The van der Waals surface area contributed by atoms with E-state index >= 15 is 0 Å². The number of hydrogen-bond donors (Lipinski definition) is 1. The second-order valence-corrected chi connectivity index (χ2v) is 8.45. The third-order valence-corrected chi connectivity index (χ3v) is 6.09. The summed E-state index contributed by atoms with van der Waals surface area (Å²) in [7, 11) is 0. The van der Waals surface area contributed by atoms with Crippen LogP contribution < -0.4 is 10.9 Å². The van der Waals surface area contributed by atoms with Gasteiger partial charge in [-0.1, -0.05) is 48.5 Å². The van der Waals surface area contributed by atoms with Gasteiger partial charge in [-0.25, -0.2) is 4.68 Å². The van der Waals surface area contributed by atoms with Crippen LogP contribution in [0.25, 0.3) is 11.5 Å². The van der Waals surface area contributed by atoms with Crippen LogP contribution in [-0.2, 0) is 17.9 Å². The van der Waals surface area contributed by atoms with Crippen LogP contribution >= 0.6 is 0 Å². The van der Waals surface area contributed by atoms with Gasteiger partial charge >= 0.3 is 0 Å². The fourth-order valence-corrected chi connectivity index (χ4v) is 4.29. The Balaban J connectivity index is 1.28. The number of rotatable bonds is 8. The minimum absolute atomic E-state index is 0.00153. The van der Waals surface area contributed by atoms with Crippen molar-refractivity contribution in [3.05, 3.63) is 112 Å². The first-order valence-corrected chi connectivity index (χ1v) is 11.4. The highest BCUT2D eigenvalue weighted by molar-refractivity contribution is 5.98.